The zero-order chi connectivity index (χ0) is 17.7. The highest BCUT2D eigenvalue weighted by atomic mass is 16.5. The predicted octanol–water partition coefficient (Wildman–Crippen LogP) is 1.89. The van der Waals surface area contributed by atoms with Crippen molar-refractivity contribution in [1.29, 1.82) is 0 Å². The van der Waals surface area contributed by atoms with Crippen molar-refractivity contribution in [3.8, 4) is 5.75 Å². The summed E-state index contributed by atoms with van der Waals surface area (Å²) in [5, 5.41) is 16.7. The molecular formula is C18H32O6. The Hall–Kier alpha value is -1.18. The van der Waals surface area contributed by atoms with Gasteiger partial charge in [0.1, 0.15) is 5.75 Å². The number of aliphatic hydroxyl groups is 2. The zero-order valence-corrected chi connectivity index (χ0v) is 14.7. The second-order valence-electron chi connectivity index (χ2n) is 4.80. The van der Waals surface area contributed by atoms with Crippen molar-refractivity contribution in [2.45, 2.75) is 19.8 Å². The Morgan fingerprint density at radius 1 is 0.708 bits per heavy atom. The van der Waals surface area contributed by atoms with E-state index in [1.807, 2.05) is 30.3 Å². The summed E-state index contributed by atoms with van der Waals surface area (Å²) in [6, 6.07) is 9.93. The molecule has 2 N–H and O–H groups in total. The molecule has 0 aliphatic heterocycles. The lowest BCUT2D eigenvalue weighted by atomic mass is 10.3. The van der Waals surface area contributed by atoms with Crippen LogP contribution in [-0.2, 0) is 14.2 Å². The van der Waals surface area contributed by atoms with Crippen LogP contribution in [0.3, 0.4) is 0 Å². The number of ether oxygens (including phenoxy) is 4. The number of aliphatic hydroxyl groups excluding tert-OH is 2. The highest BCUT2D eigenvalue weighted by Gasteiger charge is 1.90. The molecule has 0 spiro atoms. The SMILES string of the molecule is CCCCOc1ccccc1.OCCOCCOCCOCCO. The van der Waals surface area contributed by atoms with Gasteiger partial charge in [-0.2, -0.15) is 0 Å². The van der Waals surface area contributed by atoms with Gasteiger partial charge in [0.15, 0.2) is 0 Å². The zero-order valence-electron chi connectivity index (χ0n) is 14.7. The average molecular weight is 344 g/mol. The van der Waals surface area contributed by atoms with Crippen LogP contribution >= 0.6 is 0 Å². The van der Waals surface area contributed by atoms with Crippen LogP contribution in [0.25, 0.3) is 0 Å². The van der Waals surface area contributed by atoms with Crippen LogP contribution in [0.4, 0.5) is 0 Å². The molecule has 0 bridgehead atoms. The summed E-state index contributed by atoms with van der Waals surface area (Å²) in [7, 11) is 0. The number of para-hydroxylation sites is 1. The molecule has 0 saturated heterocycles. The highest BCUT2D eigenvalue weighted by Crippen LogP contribution is 2.08. The minimum Gasteiger partial charge on any atom is -0.494 e. The smallest absolute Gasteiger partial charge is 0.119 e. The maximum atomic E-state index is 8.36. The van der Waals surface area contributed by atoms with Crippen LogP contribution in [0, 0.1) is 0 Å². The summed E-state index contributed by atoms with van der Waals surface area (Å²) < 4.78 is 20.5. The lowest BCUT2D eigenvalue weighted by Gasteiger charge is -2.04. The van der Waals surface area contributed by atoms with Gasteiger partial charge in [-0.25, -0.2) is 0 Å². The van der Waals surface area contributed by atoms with Gasteiger partial charge in [-0.05, 0) is 18.6 Å². The van der Waals surface area contributed by atoms with Gasteiger partial charge in [-0.1, -0.05) is 31.5 Å². The first kappa shape index (κ1) is 22.8. The summed E-state index contributed by atoms with van der Waals surface area (Å²) in [6.45, 7) is 5.76. The van der Waals surface area contributed by atoms with Gasteiger partial charge < -0.3 is 29.2 Å². The summed E-state index contributed by atoms with van der Waals surface area (Å²) in [4.78, 5) is 0. The van der Waals surface area contributed by atoms with Crippen molar-refractivity contribution >= 4 is 0 Å². The van der Waals surface area contributed by atoms with Crippen molar-refractivity contribution in [3.63, 3.8) is 0 Å². The van der Waals surface area contributed by atoms with E-state index in [2.05, 4.69) is 6.92 Å². The standard InChI is InChI=1S/C10H14O.C8H18O5/c1-2-3-9-11-10-7-5-4-6-8-10;9-1-3-11-5-7-13-8-6-12-4-2-10/h4-8H,2-3,9H2,1H3;9-10H,1-8H2. The van der Waals surface area contributed by atoms with Crippen LogP contribution in [0.5, 0.6) is 5.75 Å². The van der Waals surface area contributed by atoms with Gasteiger partial charge in [-0.3, -0.25) is 0 Å². The molecule has 0 atom stereocenters. The minimum absolute atomic E-state index is 0.0413. The third-order valence-electron chi connectivity index (χ3n) is 2.73. The van der Waals surface area contributed by atoms with Gasteiger partial charge in [0.25, 0.3) is 0 Å². The second kappa shape index (κ2) is 19.9. The minimum atomic E-state index is 0.0413. The molecular weight excluding hydrogens is 312 g/mol. The normalized spacial score (nSPS) is 10.1. The molecule has 140 valence electrons. The van der Waals surface area contributed by atoms with Crippen molar-refractivity contribution in [1.82, 2.24) is 0 Å². The second-order valence-corrected chi connectivity index (χ2v) is 4.80. The average Bonchev–Trinajstić information content (AvgIpc) is 2.62. The topological polar surface area (TPSA) is 77.4 Å². The van der Waals surface area contributed by atoms with Gasteiger partial charge in [0, 0.05) is 0 Å². The number of rotatable bonds is 14. The molecule has 0 aromatic heterocycles. The third-order valence-corrected chi connectivity index (χ3v) is 2.73. The maximum Gasteiger partial charge on any atom is 0.119 e. The lowest BCUT2D eigenvalue weighted by Crippen LogP contribution is -2.11. The fraction of sp³-hybridized carbons (Fsp3) is 0.667. The van der Waals surface area contributed by atoms with Crippen LogP contribution in [-0.4, -0.2) is 69.7 Å². The molecule has 6 heteroatoms. The molecule has 0 unspecified atom stereocenters. The molecule has 0 fully saturated rings. The van der Waals surface area contributed by atoms with Crippen LogP contribution < -0.4 is 4.74 Å². The summed E-state index contributed by atoms with van der Waals surface area (Å²) in [6.07, 6.45) is 2.32. The number of unbranched alkanes of at least 4 members (excludes halogenated alkanes) is 1. The molecule has 24 heavy (non-hydrogen) atoms. The van der Waals surface area contributed by atoms with E-state index < -0.39 is 0 Å². The Kier molecular flexibility index (Phi) is 18.9. The first-order valence-electron chi connectivity index (χ1n) is 8.48. The molecule has 0 aliphatic carbocycles. The predicted molar refractivity (Wildman–Crippen MR) is 93.5 cm³/mol. The van der Waals surface area contributed by atoms with Gasteiger partial charge in [-0.15, -0.1) is 0 Å². The summed E-state index contributed by atoms with van der Waals surface area (Å²) >= 11 is 0. The maximum absolute atomic E-state index is 8.36. The van der Waals surface area contributed by atoms with E-state index in [1.54, 1.807) is 0 Å². The summed E-state index contributed by atoms with van der Waals surface area (Å²) in [5.41, 5.74) is 0. The molecule has 0 aliphatic rings. The molecule has 0 radical (unpaired) electrons. The van der Waals surface area contributed by atoms with Gasteiger partial charge in [0.2, 0.25) is 0 Å². The Bertz CT molecular complexity index is 324. The lowest BCUT2D eigenvalue weighted by molar-refractivity contribution is 0.00230. The molecule has 1 rings (SSSR count). The monoisotopic (exact) mass is 344 g/mol. The fourth-order valence-electron chi connectivity index (χ4n) is 1.52. The quantitative estimate of drug-likeness (QED) is 0.502. The molecule has 6 nitrogen and oxygen atoms in total. The van der Waals surface area contributed by atoms with Crippen molar-refractivity contribution in [3.05, 3.63) is 30.3 Å². The van der Waals surface area contributed by atoms with Crippen LogP contribution in [0.2, 0.25) is 0 Å². The highest BCUT2D eigenvalue weighted by molar-refractivity contribution is 5.20. The largest absolute Gasteiger partial charge is 0.494 e. The molecule has 0 heterocycles. The summed E-state index contributed by atoms with van der Waals surface area (Å²) in [5.74, 6) is 0.973. The van der Waals surface area contributed by atoms with E-state index in [1.165, 1.54) is 6.42 Å². The number of benzene rings is 1. The van der Waals surface area contributed by atoms with Crippen molar-refractivity contribution < 1.29 is 29.2 Å². The van der Waals surface area contributed by atoms with E-state index in [9.17, 15) is 0 Å². The molecule has 0 saturated carbocycles. The Morgan fingerprint density at radius 3 is 1.67 bits per heavy atom. The first-order valence-corrected chi connectivity index (χ1v) is 8.48. The van der Waals surface area contributed by atoms with Gasteiger partial charge in [0.05, 0.1) is 59.5 Å². The first-order chi connectivity index (χ1) is 11.8. The molecule has 0 amide bonds. The number of hydrogen-bond donors (Lipinski definition) is 2. The third kappa shape index (κ3) is 17.2. The van der Waals surface area contributed by atoms with E-state index in [4.69, 9.17) is 29.2 Å². The Balaban J connectivity index is 0.000000446. The fourth-order valence-corrected chi connectivity index (χ4v) is 1.52. The van der Waals surface area contributed by atoms with E-state index >= 15 is 0 Å². The van der Waals surface area contributed by atoms with Crippen LogP contribution in [0.15, 0.2) is 30.3 Å². The Morgan fingerprint density at radius 2 is 1.21 bits per heavy atom. The van der Waals surface area contributed by atoms with E-state index in [-0.39, 0.29) is 13.2 Å². The Labute approximate surface area is 145 Å². The van der Waals surface area contributed by atoms with Gasteiger partial charge >= 0.3 is 0 Å². The molecule has 1 aromatic carbocycles. The molecule has 1 aromatic rings. The van der Waals surface area contributed by atoms with Crippen LogP contribution in [0.1, 0.15) is 19.8 Å². The van der Waals surface area contributed by atoms with Crippen molar-refractivity contribution in [2.75, 3.05) is 59.5 Å². The van der Waals surface area contributed by atoms with E-state index in [0.29, 0.717) is 39.6 Å². The van der Waals surface area contributed by atoms with E-state index in [0.717, 1.165) is 18.8 Å². The van der Waals surface area contributed by atoms with Crippen molar-refractivity contribution in [2.24, 2.45) is 0 Å². The number of hydrogen-bond acceptors (Lipinski definition) is 6.